The lowest BCUT2D eigenvalue weighted by molar-refractivity contribution is -0.143. The second-order valence-corrected chi connectivity index (χ2v) is 4.41. The number of aliphatic carboxylic acids is 1. The summed E-state index contributed by atoms with van der Waals surface area (Å²) < 4.78 is 4.59. The van der Waals surface area contributed by atoms with Crippen LogP contribution in [0.4, 0.5) is 5.69 Å². The Morgan fingerprint density at radius 1 is 1.37 bits per heavy atom. The molecule has 0 aliphatic carbocycles. The van der Waals surface area contributed by atoms with Crippen molar-refractivity contribution in [3.63, 3.8) is 0 Å². The van der Waals surface area contributed by atoms with Crippen molar-refractivity contribution in [3.8, 4) is 5.75 Å². The second-order valence-electron chi connectivity index (χ2n) is 3.63. The molecule has 0 unspecified atom stereocenters. The minimum atomic E-state index is -1.18. The van der Waals surface area contributed by atoms with Gasteiger partial charge in [-0.1, -0.05) is 23.2 Å². The van der Waals surface area contributed by atoms with Crippen molar-refractivity contribution in [3.05, 3.63) is 21.7 Å². The number of carbonyl (C=O) groups excluding carboxylic acids is 1. The van der Waals surface area contributed by atoms with Crippen molar-refractivity contribution in [2.45, 2.75) is 6.92 Å². The molecule has 0 aromatic heterocycles. The number of carbonyl (C=O) groups is 2. The number of halogens is 2. The fourth-order valence-electron chi connectivity index (χ4n) is 1.22. The summed E-state index contributed by atoms with van der Waals surface area (Å²) in [6.45, 7) is 0.565. The Hall–Kier alpha value is -1.50. The molecule has 8 heteroatoms. The van der Waals surface area contributed by atoms with Gasteiger partial charge in [0.05, 0.1) is 10.7 Å². The highest BCUT2D eigenvalue weighted by atomic mass is 35.5. The van der Waals surface area contributed by atoms with Gasteiger partial charge in [-0.25, -0.2) is 4.79 Å². The van der Waals surface area contributed by atoms with Crippen LogP contribution < -0.4 is 5.32 Å². The Balaban J connectivity index is 2.72. The molecule has 6 nitrogen and oxygen atoms in total. The normalized spacial score (nSPS) is 10.3. The van der Waals surface area contributed by atoms with Crippen LogP contribution in [0.25, 0.3) is 0 Å². The number of phenols is 1. The molecule has 0 bridgehead atoms. The lowest BCUT2D eigenvalue weighted by Gasteiger charge is -2.11. The number of benzene rings is 1. The predicted molar refractivity (Wildman–Crippen MR) is 69.9 cm³/mol. The molecule has 0 saturated heterocycles. The van der Waals surface area contributed by atoms with Gasteiger partial charge < -0.3 is 20.3 Å². The van der Waals surface area contributed by atoms with E-state index in [0.717, 1.165) is 0 Å². The molecule has 104 valence electrons. The van der Waals surface area contributed by atoms with Crippen LogP contribution in [0.15, 0.2) is 6.07 Å². The van der Waals surface area contributed by atoms with Gasteiger partial charge in [0, 0.05) is 5.02 Å². The highest BCUT2D eigenvalue weighted by Gasteiger charge is 2.14. The first-order valence-electron chi connectivity index (χ1n) is 5.10. The minimum absolute atomic E-state index is 0.0320. The van der Waals surface area contributed by atoms with Gasteiger partial charge in [-0.05, 0) is 18.6 Å². The molecule has 0 saturated carbocycles. The average Bonchev–Trinajstić information content (AvgIpc) is 2.33. The summed E-state index contributed by atoms with van der Waals surface area (Å²) in [4.78, 5) is 21.6. The quantitative estimate of drug-likeness (QED) is 0.723. The van der Waals surface area contributed by atoms with Crippen LogP contribution in [-0.2, 0) is 14.3 Å². The highest BCUT2D eigenvalue weighted by Crippen LogP contribution is 2.38. The Bertz CT molecular complexity index is 518. The van der Waals surface area contributed by atoms with E-state index >= 15 is 0 Å². The molecule has 0 aliphatic heterocycles. The summed E-state index contributed by atoms with van der Waals surface area (Å²) in [5.74, 6) is -2.13. The number of anilines is 1. The monoisotopic (exact) mass is 307 g/mol. The Morgan fingerprint density at radius 3 is 2.58 bits per heavy atom. The van der Waals surface area contributed by atoms with E-state index in [1.165, 1.54) is 6.07 Å². The number of ether oxygens (including phenoxy) is 1. The number of amides is 1. The molecule has 0 fully saturated rings. The molecule has 1 aromatic carbocycles. The zero-order valence-corrected chi connectivity index (χ0v) is 11.4. The molecule has 1 aromatic rings. The van der Waals surface area contributed by atoms with Gasteiger partial charge in [0.25, 0.3) is 0 Å². The fraction of sp³-hybridized carbons (Fsp3) is 0.273. The third-order valence-electron chi connectivity index (χ3n) is 2.15. The number of carboxylic acid groups (broad SMARTS) is 1. The largest absolute Gasteiger partial charge is 0.504 e. The van der Waals surface area contributed by atoms with Crippen molar-refractivity contribution < 1.29 is 24.5 Å². The van der Waals surface area contributed by atoms with Gasteiger partial charge >= 0.3 is 5.97 Å². The Kier molecular flexibility index (Phi) is 5.41. The number of aromatic hydroxyl groups is 1. The van der Waals surface area contributed by atoms with E-state index in [-0.39, 0.29) is 21.5 Å². The highest BCUT2D eigenvalue weighted by molar-refractivity contribution is 6.37. The maximum absolute atomic E-state index is 11.4. The summed E-state index contributed by atoms with van der Waals surface area (Å²) in [6.07, 6.45) is 0. The zero-order chi connectivity index (χ0) is 14.6. The number of carboxylic acids is 1. The van der Waals surface area contributed by atoms with Crippen LogP contribution in [0.1, 0.15) is 5.56 Å². The van der Waals surface area contributed by atoms with Gasteiger partial charge in [-0.3, -0.25) is 4.79 Å². The van der Waals surface area contributed by atoms with E-state index in [2.05, 4.69) is 10.1 Å². The number of hydrogen-bond donors (Lipinski definition) is 3. The van der Waals surface area contributed by atoms with Crippen LogP contribution in [0.2, 0.25) is 10.0 Å². The third kappa shape index (κ3) is 4.27. The first kappa shape index (κ1) is 15.6. The molecule has 1 rings (SSSR count). The standard InChI is InChI=1S/C11H11Cl2NO5/c1-5-6(12)2-7(11(18)10(5)13)14-8(15)3-19-4-9(16)17/h2,18H,3-4H2,1H3,(H,14,15)(H,16,17). The molecule has 0 heterocycles. The van der Waals surface area contributed by atoms with E-state index in [9.17, 15) is 14.7 Å². The van der Waals surface area contributed by atoms with Crippen LogP contribution in [0.3, 0.4) is 0 Å². The summed E-state index contributed by atoms with van der Waals surface area (Å²) in [7, 11) is 0. The molecule has 0 spiro atoms. The lowest BCUT2D eigenvalue weighted by Crippen LogP contribution is -2.20. The molecule has 3 N–H and O–H groups in total. The molecule has 0 atom stereocenters. The van der Waals surface area contributed by atoms with Crippen LogP contribution in [0, 0.1) is 6.92 Å². The summed E-state index contributed by atoms with van der Waals surface area (Å²) in [6, 6.07) is 1.34. The maximum atomic E-state index is 11.4. The van der Waals surface area contributed by atoms with E-state index in [0.29, 0.717) is 5.56 Å². The topological polar surface area (TPSA) is 95.9 Å². The van der Waals surface area contributed by atoms with Crippen molar-refractivity contribution in [1.82, 2.24) is 0 Å². The summed E-state index contributed by atoms with van der Waals surface area (Å²) in [5.41, 5.74) is 0.519. The van der Waals surface area contributed by atoms with Crippen molar-refractivity contribution in [2.75, 3.05) is 18.5 Å². The number of phenolic OH excluding ortho intramolecular Hbond substituents is 1. The van der Waals surface area contributed by atoms with Crippen molar-refractivity contribution in [2.24, 2.45) is 0 Å². The number of nitrogens with one attached hydrogen (secondary N) is 1. The molecule has 0 aliphatic rings. The van der Waals surface area contributed by atoms with E-state index in [1.54, 1.807) is 6.92 Å². The fourth-order valence-corrected chi connectivity index (χ4v) is 1.67. The average molecular weight is 308 g/mol. The molecule has 0 radical (unpaired) electrons. The van der Waals surface area contributed by atoms with Crippen LogP contribution >= 0.6 is 23.2 Å². The minimum Gasteiger partial charge on any atom is -0.504 e. The molecule has 19 heavy (non-hydrogen) atoms. The van der Waals surface area contributed by atoms with Crippen LogP contribution in [-0.4, -0.2) is 35.3 Å². The summed E-state index contributed by atoms with van der Waals surface area (Å²) >= 11 is 11.7. The maximum Gasteiger partial charge on any atom is 0.329 e. The number of hydrogen-bond acceptors (Lipinski definition) is 4. The van der Waals surface area contributed by atoms with Gasteiger partial charge in [-0.2, -0.15) is 0 Å². The van der Waals surface area contributed by atoms with Crippen LogP contribution in [0.5, 0.6) is 5.75 Å². The first-order valence-corrected chi connectivity index (χ1v) is 5.85. The van der Waals surface area contributed by atoms with Crippen molar-refractivity contribution in [1.29, 1.82) is 0 Å². The van der Waals surface area contributed by atoms with Crippen molar-refractivity contribution >= 4 is 40.8 Å². The first-order chi connectivity index (χ1) is 8.82. The molecular formula is C11H11Cl2NO5. The van der Waals surface area contributed by atoms with E-state index in [4.69, 9.17) is 28.3 Å². The van der Waals surface area contributed by atoms with E-state index < -0.39 is 25.1 Å². The second kappa shape index (κ2) is 6.60. The molecular weight excluding hydrogens is 297 g/mol. The smallest absolute Gasteiger partial charge is 0.329 e. The number of rotatable bonds is 5. The lowest BCUT2D eigenvalue weighted by atomic mass is 10.2. The Labute approximate surface area is 118 Å². The predicted octanol–water partition coefficient (Wildman–Crippen LogP) is 2.05. The van der Waals surface area contributed by atoms with Gasteiger partial charge in [-0.15, -0.1) is 0 Å². The van der Waals surface area contributed by atoms with E-state index in [1.807, 2.05) is 0 Å². The Morgan fingerprint density at radius 2 is 2.00 bits per heavy atom. The third-order valence-corrected chi connectivity index (χ3v) is 3.01. The summed E-state index contributed by atoms with van der Waals surface area (Å²) in [5, 5.41) is 20.7. The van der Waals surface area contributed by atoms with Gasteiger partial charge in [0.15, 0.2) is 5.75 Å². The SMILES string of the molecule is Cc1c(Cl)cc(NC(=O)COCC(=O)O)c(O)c1Cl. The van der Waals surface area contributed by atoms with Gasteiger partial charge in [0.1, 0.15) is 13.2 Å². The molecule has 1 amide bonds. The van der Waals surface area contributed by atoms with Gasteiger partial charge in [0.2, 0.25) is 5.91 Å². The zero-order valence-electron chi connectivity index (χ0n) is 9.87.